The Morgan fingerprint density at radius 2 is 2.15 bits per heavy atom. The van der Waals surface area contributed by atoms with Gasteiger partial charge in [-0.1, -0.05) is 17.7 Å². The highest BCUT2D eigenvalue weighted by Gasteiger charge is 2.12. The number of rotatable bonds is 1. The highest BCUT2D eigenvalue weighted by atomic mass is 35.5. The van der Waals surface area contributed by atoms with Crippen molar-refractivity contribution in [1.29, 1.82) is 0 Å². The molecule has 1 aromatic carbocycles. The van der Waals surface area contributed by atoms with Crippen LogP contribution in [0.15, 0.2) is 12.1 Å². The molecule has 0 bridgehead atoms. The van der Waals surface area contributed by atoms with Crippen LogP contribution in [0.5, 0.6) is 5.75 Å². The van der Waals surface area contributed by atoms with E-state index < -0.39 is 11.8 Å². The summed E-state index contributed by atoms with van der Waals surface area (Å²) in [6.07, 6.45) is 0. The third-order valence-electron chi connectivity index (χ3n) is 1.49. The summed E-state index contributed by atoms with van der Waals surface area (Å²) >= 11 is 5.73. The van der Waals surface area contributed by atoms with Crippen LogP contribution in [0.4, 0.5) is 4.39 Å². The highest BCUT2D eigenvalue weighted by molar-refractivity contribution is 6.32. The minimum absolute atomic E-state index is 0.134. The topological polar surface area (TPSA) is 26.3 Å². The Labute approximate surface area is 80.3 Å². The second-order valence-electron chi connectivity index (χ2n) is 2.60. The zero-order valence-electron chi connectivity index (χ0n) is 7.23. The summed E-state index contributed by atoms with van der Waals surface area (Å²) in [6, 6.07) is 2.73. The molecule has 0 aliphatic heterocycles. The third kappa shape index (κ3) is 2.18. The molecule has 0 N–H and O–H groups in total. The van der Waals surface area contributed by atoms with E-state index in [0.29, 0.717) is 5.56 Å². The van der Waals surface area contributed by atoms with Crippen LogP contribution in [0.3, 0.4) is 0 Å². The van der Waals surface area contributed by atoms with E-state index in [2.05, 4.69) is 4.74 Å². The standard InChI is InChI=1S/C9H8ClFO2/c1-5-3-4-7(11)9(8(5)10)13-6(2)12/h3-4H,1-2H3. The maximum absolute atomic E-state index is 13.0. The van der Waals surface area contributed by atoms with Crippen molar-refractivity contribution < 1.29 is 13.9 Å². The van der Waals surface area contributed by atoms with Crippen molar-refractivity contribution in [3.8, 4) is 5.75 Å². The summed E-state index contributed by atoms with van der Waals surface area (Å²) in [5.41, 5.74) is 0.666. The molecule has 0 amide bonds. The van der Waals surface area contributed by atoms with Gasteiger partial charge in [0.2, 0.25) is 0 Å². The quantitative estimate of drug-likeness (QED) is 0.517. The van der Waals surface area contributed by atoms with Crippen molar-refractivity contribution in [3.05, 3.63) is 28.5 Å². The van der Waals surface area contributed by atoms with Crippen LogP contribution in [0.25, 0.3) is 0 Å². The first kappa shape index (κ1) is 9.99. The molecule has 0 heterocycles. The average molecular weight is 203 g/mol. The van der Waals surface area contributed by atoms with Crippen LogP contribution in [-0.4, -0.2) is 5.97 Å². The maximum Gasteiger partial charge on any atom is 0.308 e. The summed E-state index contributed by atoms with van der Waals surface area (Å²) in [5, 5.41) is 0.134. The molecule has 70 valence electrons. The Balaban J connectivity index is 3.17. The minimum Gasteiger partial charge on any atom is -0.422 e. The van der Waals surface area contributed by atoms with Gasteiger partial charge in [0.05, 0.1) is 5.02 Å². The van der Waals surface area contributed by atoms with E-state index >= 15 is 0 Å². The monoisotopic (exact) mass is 202 g/mol. The summed E-state index contributed by atoms with van der Waals surface area (Å²) in [5.74, 6) is -1.42. The minimum atomic E-state index is -0.634. The second-order valence-corrected chi connectivity index (χ2v) is 2.98. The molecule has 0 atom stereocenters. The summed E-state index contributed by atoms with van der Waals surface area (Å²) < 4.78 is 17.6. The maximum atomic E-state index is 13.0. The van der Waals surface area contributed by atoms with E-state index in [1.165, 1.54) is 19.1 Å². The normalized spacial score (nSPS) is 9.85. The van der Waals surface area contributed by atoms with Gasteiger partial charge in [0.25, 0.3) is 0 Å². The Morgan fingerprint density at radius 3 is 2.69 bits per heavy atom. The molecule has 0 aromatic heterocycles. The van der Waals surface area contributed by atoms with Gasteiger partial charge in [-0.05, 0) is 18.6 Å². The molecule has 0 saturated heterocycles. The number of carbonyl (C=O) groups is 1. The van der Waals surface area contributed by atoms with Gasteiger partial charge in [-0.25, -0.2) is 4.39 Å². The van der Waals surface area contributed by atoms with Crippen molar-refractivity contribution in [2.75, 3.05) is 0 Å². The average Bonchev–Trinajstić information content (AvgIpc) is 2.05. The molecule has 0 saturated carbocycles. The second kappa shape index (κ2) is 3.75. The van der Waals surface area contributed by atoms with Gasteiger partial charge >= 0.3 is 5.97 Å². The highest BCUT2D eigenvalue weighted by Crippen LogP contribution is 2.30. The van der Waals surface area contributed by atoms with Gasteiger partial charge in [-0.2, -0.15) is 0 Å². The number of hydrogen-bond donors (Lipinski definition) is 0. The number of hydrogen-bond acceptors (Lipinski definition) is 2. The van der Waals surface area contributed by atoms with Crippen molar-refractivity contribution in [2.45, 2.75) is 13.8 Å². The lowest BCUT2D eigenvalue weighted by atomic mass is 10.2. The molecule has 0 radical (unpaired) electrons. The number of carbonyl (C=O) groups excluding carboxylic acids is 1. The van der Waals surface area contributed by atoms with Gasteiger partial charge < -0.3 is 4.74 Å². The lowest BCUT2D eigenvalue weighted by molar-refractivity contribution is -0.132. The molecule has 0 aliphatic carbocycles. The Kier molecular flexibility index (Phi) is 2.88. The molecular formula is C9H8ClFO2. The number of aryl methyl sites for hydroxylation is 1. The molecule has 0 fully saturated rings. The number of benzene rings is 1. The third-order valence-corrected chi connectivity index (χ3v) is 1.96. The van der Waals surface area contributed by atoms with Gasteiger partial charge in [0.15, 0.2) is 11.6 Å². The molecule has 2 nitrogen and oxygen atoms in total. The van der Waals surface area contributed by atoms with Gasteiger partial charge in [0.1, 0.15) is 0 Å². The van der Waals surface area contributed by atoms with Crippen molar-refractivity contribution in [2.24, 2.45) is 0 Å². The van der Waals surface area contributed by atoms with Gasteiger partial charge in [0, 0.05) is 6.92 Å². The fraction of sp³-hybridized carbons (Fsp3) is 0.222. The van der Waals surface area contributed by atoms with Crippen LogP contribution in [0.2, 0.25) is 5.02 Å². The number of halogens is 2. The first-order valence-electron chi connectivity index (χ1n) is 3.65. The molecule has 1 aromatic rings. The smallest absolute Gasteiger partial charge is 0.308 e. The molecule has 13 heavy (non-hydrogen) atoms. The summed E-state index contributed by atoms with van der Waals surface area (Å²) in [7, 11) is 0. The van der Waals surface area contributed by atoms with Crippen molar-refractivity contribution in [3.63, 3.8) is 0 Å². The Hall–Kier alpha value is -1.09. The van der Waals surface area contributed by atoms with E-state index in [9.17, 15) is 9.18 Å². The predicted molar refractivity (Wildman–Crippen MR) is 47.5 cm³/mol. The fourth-order valence-electron chi connectivity index (χ4n) is 0.868. The van der Waals surface area contributed by atoms with Crippen LogP contribution < -0.4 is 4.74 Å². The zero-order chi connectivity index (χ0) is 10.0. The van der Waals surface area contributed by atoms with Crippen LogP contribution in [0, 0.1) is 12.7 Å². The molecule has 0 unspecified atom stereocenters. The van der Waals surface area contributed by atoms with Gasteiger partial charge in [-0.3, -0.25) is 4.79 Å². The molecule has 0 spiro atoms. The number of ether oxygens (including phenoxy) is 1. The van der Waals surface area contributed by atoms with Crippen molar-refractivity contribution >= 4 is 17.6 Å². The first-order chi connectivity index (χ1) is 6.02. The molecule has 1 rings (SSSR count). The molecule has 4 heteroatoms. The molecule has 0 aliphatic rings. The Morgan fingerprint density at radius 1 is 1.54 bits per heavy atom. The largest absolute Gasteiger partial charge is 0.422 e. The van der Waals surface area contributed by atoms with Crippen molar-refractivity contribution in [1.82, 2.24) is 0 Å². The molecular weight excluding hydrogens is 195 g/mol. The van der Waals surface area contributed by atoms with Crippen LogP contribution >= 0.6 is 11.6 Å². The van der Waals surface area contributed by atoms with E-state index in [1.54, 1.807) is 6.92 Å². The van der Waals surface area contributed by atoms with E-state index in [1.807, 2.05) is 0 Å². The van der Waals surface area contributed by atoms with E-state index in [0.717, 1.165) is 0 Å². The Bertz CT molecular complexity index is 350. The summed E-state index contributed by atoms with van der Waals surface area (Å²) in [4.78, 5) is 10.6. The summed E-state index contributed by atoms with van der Waals surface area (Å²) in [6.45, 7) is 2.90. The lowest BCUT2D eigenvalue weighted by Gasteiger charge is -2.06. The SMILES string of the molecule is CC(=O)Oc1c(F)ccc(C)c1Cl. The lowest BCUT2D eigenvalue weighted by Crippen LogP contribution is -2.04. The van der Waals surface area contributed by atoms with E-state index in [-0.39, 0.29) is 10.8 Å². The first-order valence-corrected chi connectivity index (χ1v) is 4.03. The fourth-order valence-corrected chi connectivity index (χ4v) is 1.06. The van der Waals surface area contributed by atoms with Crippen LogP contribution in [-0.2, 0) is 4.79 Å². The number of esters is 1. The van der Waals surface area contributed by atoms with Gasteiger partial charge in [-0.15, -0.1) is 0 Å². The zero-order valence-corrected chi connectivity index (χ0v) is 7.98. The predicted octanol–water partition coefficient (Wildman–Crippen LogP) is 2.71. The van der Waals surface area contributed by atoms with Crippen LogP contribution in [0.1, 0.15) is 12.5 Å². The van der Waals surface area contributed by atoms with E-state index in [4.69, 9.17) is 11.6 Å².